The van der Waals surface area contributed by atoms with Crippen molar-refractivity contribution in [1.82, 2.24) is 4.90 Å². The van der Waals surface area contributed by atoms with Crippen LogP contribution >= 0.6 is 12.6 Å². The Morgan fingerprint density at radius 1 is 1.40 bits per heavy atom. The zero-order valence-corrected chi connectivity index (χ0v) is 9.71. The molecule has 1 aromatic carbocycles. The van der Waals surface area contributed by atoms with E-state index in [1.54, 1.807) is 0 Å². The van der Waals surface area contributed by atoms with E-state index in [4.69, 9.17) is 0 Å². The van der Waals surface area contributed by atoms with Gasteiger partial charge in [-0.05, 0) is 36.6 Å². The SMILES string of the molecule is CC1CCN(C(=O)c2ccc(S)cc2)C1. The molecule has 15 heavy (non-hydrogen) atoms. The van der Waals surface area contributed by atoms with E-state index in [9.17, 15) is 4.79 Å². The lowest BCUT2D eigenvalue weighted by molar-refractivity contribution is 0.0788. The first kappa shape index (κ1) is 10.6. The summed E-state index contributed by atoms with van der Waals surface area (Å²) < 4.78 is 0. The van der Waals surface area contributed by atoms with Gasteiger partial charge in [-0.15, -0.1) is 12.6 Å². The summed E-state index contributed by atoms with van der Waals surface area (Å²) in [5.41, 5.74) is 0.766. The van der Waals surface area contributed by atoms with Gasteiger partial charge in [0.05, 0.1) is 0 Å². The van der Waals surface area contributed by atoms with Gasteiger partial charge in [0, 0.05) is 23.5 Å². The molecular formula is C12H15NOS. The molecule has 80 valence electrons. The van der Waals surface area contributed by atoms with Crippen LogP contribution in [-0.4, -0.2) is 23.9 Å². The Kier molecular flexibility index (Phi) is 3.00. The molecule has 0 saturated carbocycles. The van der Waals surface area contributed by atoms with Crippen molar-refractivity contribution in [2.45, 2.75) is 18.2 Å². The number of benzene rings is 1. The quantitative estimate of drug-likeness (QED) is 0.722. The second kappa shape index (κ2) is 4.27. The summed E-state index contributed by atoms with van der Waals surface area (Å²) in [6.07, 6.45) is 1.12. The van der Waals surface area contributed by atoms with Gasteiger partial charge in [-0.25, -0.2) is 0 Å². The van der Waals surface area contributed by atoms with Crippen molar-refractivity contribution < 1.29 is 4.79 Å². The Balaban J connectivity index is 2.11. The number of hydrogen-bond donors (Lipinski definition) is 1. The minimum atomic E-state index is 0.146. The number of thiol groups is 1. The van der Waals surface area contributed by atoms with Crippen LogP contribution < -0.4 is 0 Å². The van der Waals surface area contributed by atoms with Crippen molar-refractivity contribution in [2.24, 2.45) is 5.92 Å². The van der Waals surface area contributed by atoms with Crippen LogP contribution in [0.25, 0.3) is 0 Å². The maximum absolute atomic E-state index is 12.0. The Morgan fingerprint density at radius 2 is 2.07 bits per heavy atom. The van der Waals surface area contributed by atoms with Crippen LogP contribution in [0.3, 0.4) is 0 Å². The number of carbonyl (C=O) groups is 1. The molecule has 1 aliphatic heterocycles. The Hall–Kier alpha value is -0.960. The third-order valence-electron chi connectivity index (χ3n) is 2.83. The monoisotopic (exact) mass is 221 g/mol. The van der Waals surface area contributed by atoms with Crippen LogP contribution in [0, 0.1) is 5.92 Å². The summed E-state index contributed by atoms with van der Waals surface area (Å²) >= 11 is 4.20. The predicted molar refractivity (Wildman–Crippen MR) is 63.4 cm³/mol. The maximum Gasteiger partial charge on any atom is 0.253 e. The Labute approximate surface area is 95.7 Å². The molecule has 3 heteroatoms. The molecule has 1 amide bonds. The molecule has 0 N–H and O–H groups in total. The third-order valence-corrected chi connectivity index (χ3v) is 3.12. The number of nitrogens with zero attached hydrogens (tertiary/aromatic N) is 1. The minimum Gasteiger partial charge on any atom is -0.338 e. The smallest absolute Gasteiger partial charge is 0.253 e. The molecule has 1 atom stereocenters. The van der Waals surface area contributed by atoms with Crippen LogP contribution in [0.2, 0.25) is 0 Å². The molecule has 2 rings (SSSR count). The molecule has 0 aromatic heterocycles. The van der Waals surface area contributed by atoms with Crippen LogP contribution in [0.15, 0.2) is 29.2 Å². The standard InChI is InChI=1S/C12H15NOS/c1-9-6-7-13(8-9)12(14)10-2-4-11(15)5-3-10/h2-5,9,15H,6-8H2,1H3. The fourth-order valence-corrected chi connectivity index (χ4v) is 2.06. The first-order valence-corrected chi connectivity index (χ1v) is 5.70. The van der Waals surface area contributed by atoms with E-state index in [-0.39, 0.29) is 5.91 Å². The lowest BCUT2D eigenvalue weighted by Crippen LogP contribution is -2.28. The van der Waals surface area contributed by atoms with E-state index in [0.29, 0.717) is 5.92 Å². The highest BCUT2D eigenvalue weighted by atomic mass is 32.1. The van der Waals surface area contributed by atoms with Crippen molar-refractivity contribution in [3.05, 3.63) is 29.8 Å². The average Bonchev–Trinajstić information content (AvgIpc) is 2.65. The molecule has 1 unspecified atom stereocenters. The lowest BCUT2D eigenvalue weighted by Gasteiger charge is -2.15. The first-order chi connectivity index (χ1) is 7.16. The molecule has 1 heterocycles. The van der Waals surface area contributed by atoms with E-state index in [0.717, 1.165) is 30.0 Å². The van der Waals surface area contributed by atoms with Gasteiger partial charge >= 0.3 is 0 Å². The van der Waals surface area contributed by atoms with Crippen molar-refractivity contribution in [1.29, 1.82) is 0 Å². The van der Waals surface area contributed by atoms with Gasteiger partial charge in [0.25, 0.3) is 5.91 Å². The van der Waals surface area contributed by atoms with E-state index in [1.165, 1.54) is 0 Å². The van der Waals surface area contributed by atoms with Crippen LogP contribution in [0.1, 0.15) is 23.7 Å². The first-order valence-electron chi connectivity index (χ1n) is 5.25. The largest absolute Gasteiger partial charge is 0.338 e. The van der Waals surface area contributed by atoms with Gasteiger partial charge in [-0.3, -0.25) is 4.79 Å². The zero-order valence-electron chi connectivity index (χ0n) is 8.81. The average molecular weight is 221 g/mol. The van der Waals surface area contributed by atoms with Gasteiger partial charge in [0.15, 0.2) is 0 Å². The van der Waals surface area contributed by atoms with Crippen molar-refractivity contribution in [3.63, 3.8) is 0 Å². The van der Waals surface area contributed by atoms with Gasteiger partial charge in [0.2, 0.25) is 0 Å². The van der Waals surface area contributed by atoms with Crippen molar-refractivity contribution >= 4 is 18.5 Å². The van der Waals surface area contributed by atoms with Gasteiger partial charge in [-0.2, -0.15) is 0 Å². The Bertz CT molecular complexity index is 360. The number of likely N-dealkylation sites (tertiary alicyclic amines) is 1. The van der Waals surface area contributed by atoms with Gasteiger partial charge in [0.1, 0.15) is 0 Å². The van der Waals surface area contributed by atoms with E-state index >= 15 is 0 Å². The summed E-state index contributed by atoms with van der Waals surface area (Å²) in [6.45, 7) is 3.97. The third kappa shape index (κ3) is 2.34. The number of amides is 1. The fourth-order valence-electron chi connectivity index (χ4n) is 1.91. The molecule has 1 aliphatic rings. The zero-order chi connectivity index (χ0) is 10.8. The van der Waals surface area contributed by atoms with Crippen LogP contribution in [0.4, 0.5) is 0 Å². The molecule has 0 aliphatic carbocycles. The summed E-state index contributed by atoms with van der Waals surface area (Å²) in [5.74, 6) is 0.783. The number of carbonyl (C=O) groups excluding carboxylic acids is 1. The fraction of sp³-hybridized carbons (Fsp3) is 0.417. The molecular weight excluding hydrogens is 206 g/mol. The highest BCUT2D eigenvalue weighted by Crippen LogP contribution is 2.18. The Morgan fingerprint density at radius 3 is 2.60 bits per heavy atom. The predicted octanol–water partition coefficient (Wildman–Crippen LogP) is 2.46. The molecule has 1 fully saturated rings. The lowest BCUT2D eigenvalue weighted by atomic mass is 10.2. The maximum atomic E-state index is 12.0. The van der Waals surface area contributed by atoms with Crippen molar-refractivity contribution in [3.8, 4) is 0 Å². The normalized spacial score (nSPS) is 20.7. The molecule has 0 bridgehead atoms. The molecule has 0 radical (unpaired) electrons. The van der Waals surface area contributed by atoms with Gasteiger partial charge in [-0.1, -0.05) is 6.92 Å². The molecule has 0 spiro atoms. The van der Waals surface area contributed by atoms with Gasteiger partial charge < -0.3 is 4.90 Å². The summed E-state index contributed by atoms with van der Waals surface area (Å²) in [7, 11) is 0. The molecule has 1 aromatic rings. The number of rotatable bonds is 1. The minimum absolute atomic E-state index is 0.146. The topological polar surface area (TPSA) is 20.3 Å². The second-order valence-corrected chi connectivity index (χ2v) is 4.71. The van der Waals surface area contributed by atoms with E-state index in [2.05, 4.69) is 19.6 Å². The number of hydrogen-bond acceptors (Lipinski definition) is 2. The summed E-state index contributed by atoms with van der Waals surface area (Å²) in [5, 5.41) is 0. The summed E-state index contributed by atoms with van der Waals surface area (Å²) in [4.78, 5) is 14.8. The van der Waals surface area contributed by atoms with E-state index in [1.807, 2.05) is 29.2 Å². The van der Waals surface area contributed by atoms with E-state index < -0.39 is 0 Å². The van der Waals surface area contributed by atoms with Crippen LogP contribution in [-0.2, 0) is 0 Å². The second-order valence-electron chi connectivity index (χ2n) is 4.19. The summed E-state index contributed by atoms with van der Waals surface area (Å²) in [6, 6.07) is 7.40. The highest BCUT2D eigenvalue weighted by Gasteiger charge is 2.23. The van der Waals surface area contributed by atoms with Crippen molar-refractivity contribution in [2.75, 3.05) is 13.1 Å². The van der Waals surface area contributed by atoms with Crippen LogP contribution in [0.5, 0.6) is 0 Å². The highest BCUT2D eigenvalue weighted by molar-refractivity contribution is 7.80. The molecule has 1 saturated heterocycles. The molecule has 2 nitrogen and oxygen atoms in total.